The summed E-state index contributed by atoms with van der Waals surface area (Å²) in [6.45, 7) is 2.19. The summed E-state index contributed by atoms with van der Waals surface area (Å²) in [5.41, 5.74) is 6.12. The van der Waals surface area contributed by atoms with Gasteiger partial charge in [0.05, 0.1) is 0 Å². The number of rotatable bonds is 7. The molecule has 1 fully saturated rings. The van der Waals surface area contributed by atoms with E-state index in [0.29, 0.717) is 12.2 Å². The fourth-order valence-electron chi connectivity index (χ4n) is 2.66. The molecule has 2 N–H and O–H groups in total. The lowest BCUT2D eigenvalue weighted by molar-refractivity contribution is -0.120. The summed E-state index contributed by atoms with van der Waals surface area (Å²) >= 11 is 0. The van der Waals surface area contributed by atoms with Gasteiger partial charge in [0.15, 0.2) is 0 Å². The van der Waals surface area contributed by atoms with Crippen molar-refractivity contribution in [2.75, 3.05) is 0 Å². The lowest BCUT2D eigenvalue weighted by atomic mass is 9.78. The first-order valence-corrected chi connectivity index (χ1v) is 6.97. The molecule has 0 amide bonds. The largest absolute Gasteiger partial charge is 0.325 e. The SMILES string of the molecule is CCCCCCC(=O)CC1(N)CCCCC1. The quantitative estimate of drug-likeness (QED) is 0.673. The van der Waals surface area contributed by atoms with Crippen molar-refractivity contribution in [1.29, 1.82) is 0 Å². The normalized spacial score (nSPS) is 19.6. The molecule has 2 nitrogen and oxygen atoms in total. The van der Waals surface area contributed by atoms with Crippen LogP contribution in [-0.4, -0.2) is 11.3 Å². The van der Waals surface area contributed by atoms with Crippen molar-refractivity contribution in [3.63, 3.8) is 0 Å². The van der Waals surface area contributed by atoms with E-state index in [9.17, 15) is 4.79 Å². The van der Waals surface area contributed by atoms with Crippen LogP contribution in [0.3, 0.4) is 0 Å². The Labute approximate surface area is 100.0 Å². The molecule has 1 aliphatic carbocycles. The van der Waals surface area contributed by atoms with E-state index in [4.69, 9.17) is 5.73 Å². The molecular formula is C14H27NO. The molecule has 16 heavy (non-hydrogen) atoms. The molecule has 0 aliphatic heterocycles. The van der Waals surface area contributed by atoms with Crippen LogP contribution in [0.25, 0.3) is 0 Å². The van der Waals surface area contributed by atoms with Crippen LogP contribution in [0.15, 0.2) is 0 Å². The molecule has 1 rings (SSSR count). The number of unbranched alkanes of at least 4 members (excludes halogenated alkanes) is 3. The highest BCUT2D eigenvalue weighted by Crippen LogP contribution is 2.29. The topological polar surface area (TPSA) is 43.1 Å². The minimum atomic E-state index is -0.153. The van der Waals surface area contributed by atoms with Gasteiger partial charge in [0.2, 0.25) is 0 Å². The van der Waals surface area contributed by atoms with Gasteiger partial charge in [-0.2, -0.15) is 0 Å². The molecule has 0 radical (unpaired) electrons. The Morgan fingerprint density at radius 3 is 2.44 bits per heavy atom. The van der Waals surface area contributed by atoms with Gasteiger partial charge in [0.1, 0.15) is 5.78 Å². The first-order chi connectivity index (χ1) is 7.66. The highest BCUT2D eigenvalue weighted by atomic mass is 16.1. The van der Waals surface area contributed by atoms with Crippen LogP contribution < -0.4 is 5.73 Å². The fourth-order valence-corrected chi connectivity index (χ4v) is 2.66. The van der Waals surface area contributed by atoms with Gasteiger partial charge in [-0.15, -0.1) is 0 Å². The Balaban J connectivity index is 2.17. The van der Waals surface area contributed by atoms with Gasteiger partial charge < -0.3 is 5.73 Å². The second-order valence-corrected chi connectivity index (χ2v) is 5.45. The number of carbonyl (C=O) groups excluding carboxylic acids is 1. The van der Waals surface area contributed by atoms with Gasteiger partial charge in [-0.25, -0.2) is 0 Å². The highest BCUT2D eigenvalue weighted by molar-refractivity contribution is 5.79. The molecule has 2 heteroatoms. The predicted molar refractivity (Wildman–Crippen MR) is 68.4 cm³/mol. The predicted octanol–water partition coefficient (Wildman–Crippen LogP) is 3.58. The summed E-state index contributed by atoms with van der Waals surface area (Å²) in [7, 11) is 0. The number of carbonyl (C=O) groups is 1. The van der Waals surface area contributed by atoms with Crippen molar-refractivity contribution in [2.45, 2.75) is 83.1 Å². The summed E-state index contributed by atoms with van der Waals surface area (Å²) in [6.07, 6.45) is 11.9. The van der Waals surface area contributed by atoms with E-state index >= 15 is 0 Å². The average molecular weight is 225 g/mol. The van der Waals surface area contributed by atoms with Crippen molar-refractivity contribution in [1.82, 2.24) is 0 Å². The minimum Gasteiger partial charge on any atom is -0.325 e. The zero-order valence-electron chi connectivity index (χ0n) is 10.8. The Morgan fingerprint density at radius 1 is 1.12 bits per heavy atom. The van der Waals surface area contributed by atoms with Crippen molar-refractivity contribution < 1.29 is 4.79 Å². The third-order valence-corrected chi connectivity index (χ3v) is 3.71. The molecule has 1 saturated carbocycles. The molecule has 0 unspecified atom stereocenters. The lowest BCUT2D eigenvalue weighted by Crippen LogP contribution is -2.43. The van der Waals surface area contributed by atoms with Crippen LogP contribution in [-0.2, 0) is 4.79 Å². The maximum atomic E-state index is 11.8. The molecule has 0 aromatic heterocycles. The first-order valence-electron chi connectivity index (χ1n) is 6.97. The summed E-state index contributed by atoms with van der Waals surface area (Å²) in [5, 5.41) is 0. The highest BCUT2D eigenvalue weighted by Gasteiger charge is 2.29. The zero-order chi connectivity index (χ0) is 11.9. The van der Waals surface area contributed by atoms with Crippen molar-refractivity contribution in [3.8, 4) is 0 Å². The number of hydrogen-bond donors (Lipinski definition) is 1. The molecule has 0 atom stereocenters. The van der Waals surface area contributed by atoms with E-state index < -0.39 is 0 Å². The van der Waals surface area contributed by atoms with Crippen LogP contribution in [0.4, 0.5) is 0 Å². The van der Waals surface area contributed by atoms with Gasteiger partial charge in [-0.05, 0) is 19.3 Å². The Bertz CT molecular complexity index is 207. The minimum absolute atomic E-state index is 0.153. The standard InChI is InChI=1S/C14H27NO/c1-2-3-4-6-9-13(16)12-14(15)10-7-5-8-11-14/h2-12,15H2,1H3. The molecule has 0 saturated heterocycles. The van der Waals surface area contributed by atoms with E-state index in [1.54, 1.807) is 0 Å². The fraction of sp³-hybridized carbons (Fsp3) is 0.929. The van der Waals surface area contributed by atoms with Crippen LogP contribution in [0.2, 0.25) is 0 Å². The van der Waals surface area contributed by atoms with E-state index in [2.05, 4.69) is 6.92 Å². The lowest BCUT2D eigenvalue weighted by Gasteiger charge is -2.32. The number of hydrogen-bond acceptors (Lipinski definition) is 2. The second-order valence-electron chi connectivity index (χ2n) is 5.45. The van der Waals surface area contributed by atoms with Gasteiger partial charge in [0.25, 0.3) is 0 Å². The Kier molecular flexibility index (Phi) is 6.04. The Morgan fingerprint density at radius 2 is 1.81 bits per heavy atom. The molecule has 0 heterocycles. The summed E-state index contributed by atoms with van der Waals surface area (Å²) in [6, 6.07) is 0. The van der Waals surface area contributed by atoms with Gasteiger partial charge in [-0.3, -0.25) is 4.79 Å². The Hall–Kier alpha value is -0.370. The number of Topliss-reactive ketones (excluding diaryl/α,β-unsaturated/α-hetero) is 1. The van der Waals surface area contributed by atoms with Crippen molar-refractivity contribution >= 4 is 5.78 Å². The maximum Gasteiger partial charge on any atom is 0.134 e. The smallest absolute Gasteiger partial charge is 0.134 e. The number of ketones is 1. The van der Waals surface area contributed by atoms with Gasteiger partial charge >= 0.3 is 0 Å². The third-order valence-electron chi connectivity index (χ3n) is 3.71. The van der Waals surface area contributed by atoms with Gasteiger partial charge in [-0.1, -0.05) is 45.4 Å². The van der Waals surface area contributed by atoms with Gasteiger partial charge in [0, 0.05) is 18.4 Å². The summed E-state index contributed by atoms with van der Waals surface area (Å²) in [4.78, 5) is 11.8. The molecular weight excluding hydrogens is 198 g/mol. The molecule has 0 aromatic carbocycles. The van der Waals surface area contributed by atoms with Crippen LogP contribution in [0.1, 0.15) is 77.6 Å². The molecule has 0 aromatic rings. The third kappa shape index (κ3) is 5.11. The summed E-state index contributed by atoms with van der Waals surface area (Å²) < 4.78 is 0. The van der Waals surface area contributed by atoms with Crippen molar-refractivity contribution in [2.24, 2.45) is 5.73 Å². The monoisotopic (exact) mass is 225 g/mol. The van der Waals surface area contributed by atoms with E-state index in [0.717, 1.165) is 25.7 Å². The average Bonchev–Trinajstić information content (AvgIpc) is 2.25. The maximum absolute atomic E-state index is 11.8. The first kappa shape index (κ1) is 13.7. The van der Waals surface area contributed by atoms with Crippen molar-refractivity contribution in [3.05, 3.63) is 0 Å². The molecule has 94 valence electrons. The van der Waals surface area contributed by atoms with Crippen LogP contribution >= 0.6 is 0 Å². The zero-order valence-corrected chi connectivity index (χ0v) is 10.8. The molecule has 0 bridgehead atoms. The van der Waals surface area contributed by atoms with E-state index in [1.807, 2.05) is 0 Å². The van der Waals surface area contributed by atoms with Crippen LogP contribution in [0.5, 0.6) is 0 Å². The number of nitrogens with two attached hydrogens (primary N) is 1. The van der Waals surface area contributed by atoms with E-state index in [1.165, 1.54) is 38.5 Å². The second kappa shape index (κ2) is 7.05. The molecule has 1 aliphatic rings. The molecule has 0 spiro atoms. The van der Waals surface area contributed by atoms with E-state index in [-0.39, 0.29) is 5.54 Å². The summed E-state index contributed by atoms with van der Waals surface area (Å²) in [5.74, 6) is 0.389. The van der Waals surface area contributed by atoms with Crippen LogP contribution in [0, 0.1) is 0 Å².